The Balaban J connectivity index is 2.23. The van der Waals surface area contributed by atoms with Crippen molar-refractivity contribution in [1.82, 2.24) is 0 Å². The van der Waals surface area contributed by atoms with Gasteiger partial charge in [0, 0.05) is 12.3 Å². The van der Waals surface area contributed by atoms with Crippen molar-refractivity contribution in [3.63, 3.8) is 0 Å². The van der Waals surface area contributed by atoms with E-state index >= 15 is 0 Å². The van der Waals surface area contributed by atoms with E-state index in [-0.39, 0.29) is 23.9 Å². The molecule has 0 N–H and O–H groups in total. The molecule has 0 spiro atoms. The lowest BCUT2D eigenvalue weighted by molar-refractivity contribution is -0.138. The molecule has 114 valence electrons. The number of hydrogen-bond donors (Lipinski definition) is 0. The van der Waals surface area contributed by atoms with Crippen LogP contribution in [0.25, 0.3) is 0 Å². The molecule has 0 radical (unpaired) electrons. The predicted molar refractivity (Wildman–Crippen MR) is 81.5 cm³/mol. The molecule has 0 heterocycles. The topological polar surface area (TPSA) is 26.3 Å². The molecule has 1 aromatic rings. The first-order chi connectivity index (χ1) is 10.2. The van der Waals surface area contributed by atoms with Gasteiger partial charge in [-0.05, 0) is 25.3 Å². The summed E-state index contributed by atoms with van der Waals surface area (Å²) in [5.41, 5.74) is 1.14. The first-order valence-electron chi connectivity index (χ1n) is 7.82. The van der Waals surface area contributed by atoms with Crippen molar-refractivity contribution in [1.29, 1.82) is 0 Å². The SMILES string of the molecule is CCOC(=O)/C(Cc1ccccc1)=C(/F)C1CCCCC1. The van der Waals surface area contributed by atoms with Gasteiger partial charge in [-0.25, -0.2) is 9.18 Å². The van der Waals surface area contributed by atoms with Crippen LogP contribution in [0.4, 0.5) is 4.39 Å². The number of carbonyl (C=O) groups is 1. The summed E-state index contributed by atoms with van der Waals surface area (Å²) in [7, 11) is 0. The van der Waals surface area contributed by atoms with Gasteiger partial charge in [-0.2, -0.15) is 0 Å². The fraction of sp³-hybridized carbons (Fsp3) is 0.500. The zero-order valence-corrected chi connectivity index (χ0v) is 12.6. The number of carbonyl (C=O) groups excluding carboxylic acids is 1. The van der Waals surface area contributed by atoms with Gasteiger partial charge in [0.15, 0.2) is 0 Å². The van der Waals surface area contributed by atoms with Crippen molar-refractivity contribution in [2.24, 2.45) is 5.92 Å². The Morgan fingerprint density at radius 3 is 2.48 bits per heavy atom. The Kier molecular flexibility index (Phi) is 5.97. The van der Waals surface area contributed by atoms with Gasteiger partial charge in [-0.1, -0.05) is 49.6 Å². The number of halogens is 1. The van der Waals surface area contributed by atoms with Gasteiger partial charge in [0.25, 0.3) is 0 Å². The van der Waals surface area contributed by atoms with Gasteiger partial charge in [0.05, 0.1) is 12.2 Å². The maximum absolute atomic E-state index is 14.8. The molecule has 0 aromatic heterocycles. The second-order valence-electron chi connectivity index (χ2n) is 5.54. The molecular formula is C18H23FO2. The Bertz CT molecular complexity index is 487. The standard InChI is InChI=1S/C18H23FO2/c1-2-21-18(20)16(13-14-9-5-3-6-10-14)17(19)15-11-7-4-8-12-15/h3,5-6,9-10,15H,2,4,7-8,11-13H2,1H3/b17-16+. The molecule has 0 amide bonds. The van der Waals surface area contributed by atoms with Crippen molar-refractivity contribution >= 4 is 5.97 Å². The number of rotatable bonds is 5. The lowest BCUT2D eigenvalue weighted by Gasteiger charge is -2.22. The van der Waals surface area contributed by atoms with E-state index < -0.39 is 5.97 Å². The highest BCUT2D eigenvalue weighted by molar-refractivity contribution is 5.89. The van der Waals surface area contributed by atoms with Crippen LogP contribution in [0.3, 0.4) is 0 Å². The van der Waals surface area contributed by atoms with Crippen LogP contribution in [-0.4, -0.2) is 12.6 Å². The van der Waals surface area contributed by atoms with Gasteiger partial charge in [0.2, 0.25) is 0 Å². The second-order valence-corrected chi connectivity index (χ2v) is 5.54. The smallest absolute Gasteiger partial charge is 0.336 e. The van der Waals surface area contributed by atoms with Gasteiger partial charge < -0.3 is 4.74 Å². The third-order valence-electron chi connectivity index (χ3n) is 4.00. The molecule has 0 bridgehead atoms. The minimum atomic E-state index is -0.510. The fourth-order valence-electron chi connectivity index (χ4n) is 2.87. The first-order valence-corrected chi connectivity index (χ1v) is 7.82. The number of benzene rings is 1. The van der Waals surface area contributed by atoms with Crippen LogP contribution in [0, 0.1) is 5.92 Å². The summed E-state index contributed by atoms with van der Waals surface area (Å²) < 4.78 is 19.8. The monoisotopic (exact) mass is 290 g/mol. The van der Waals surface area contributed by atoms with E-state index in [2.05, 4.69) is 0 Å². The molecule has 0 saturated heterocycles. The summed E-state index contributed by atoms with van der Waals surface area (Å²) in [6.07, 6.45) is 5.23. The van der Waals surface area contributed by atoms with Crippen molar-refractivity contribution in [3.8, 4) is 0 Å². The molecule has 0 aliphatic heterocycles. The van der Waals surface area contributed by atoms with E-state index in [9.17, 15) is 9.18 Å². The van der Waals surface area contributed by atoms with Crippen molar-refractivity contribution in [2.45, 2.75) is 45.4 Å². The van der Waals surface area contributed by atoms with Crippen LogP contribution >= 0.6 is 0 Å². The van der Waals surface area contributed by atoms with E-state index in [4.69, 9.17) is 4.74 Å². The Labute approximate surface area is 126 Å². The summed E-state index contributed by atoms with van der Waals surface area (Å²) in [5, 5.41) is 0. The minimum absolute atomic E-state index is 0.109. The van der Waals surface area contributed by atoms with Crippen LogP contribution in [0.15, 0.2) is 41.7 Å². The lowest BCUT2D eigenvalue weighted by Crippen LogP contribution is -2.16. The maximum atomic E-state index is 14.8. The van der Waals surface area contributed by atoms with E-state index in [1.807, 2.05) is 30.3 Å². The molecule has 1 saturated carbocycles. The van der Waals surface area contributed by atoms with Crippen LogP contribution in [-0.2, 0) is 16.0 Å². The molecule has 0 atom stereocenters. The van der Waals surface area contributed by atoms with Crippen molar-refractivity contribution in [3.05, 3.63) is 47.3 Å². The van der Waals surface area contributed by atoms with Gasteiger partial charge in [-0.3, -0.25) is 0 Å². The van der Waals surface area contributed by atoms with Gasteiger partial charge >= 0.3 is 5.97 Å². The highest BCUT2D eigenvalue weighted by Gasteiger charge is 2.25. The highest BCUT2D eigenvalue weighted by Crippen LogP contribution is 2.33. The molecule has 3 heteroatoms. The zero-order valence-electron chi connectivity index (χ0n) is 12.6. The highest BCUT2D eigenvalue weighted by atomic mass is 19.1. The largest absolute Gasteiger partial charge is 0.463 e. The molecule has 0 unspecified atom stereocenters. The summed E-state index contributed by atoms with van der Waals surface area (Å²) in [5.74, 6) is -0.872. The summed E-state index contributed by atoms with van der Waals surface area (Å²) >= 11 is 0. The van der Waals surface area contributed by atoms with Gasteiger partial charge in [-0.15, -0.1) is 0 Å². The minimum Gasteiger partial charge on any atom is -0.463 e. The average Bonchev–Trinajstić information content (AvgIpc) is 2.54. The molecule has 21 heavy (non-hydrogen) atoms. The van der Waals surface area contributed by atoms with Crippen LogP contribution in [0.2, 0.25) is 0 Å². The summed E-state index contributed by atoms with van der Waals surface area (Å²) in [6, 6.07) is 9.53. The first kappa shape index (κ1) is 15.7. The lowest BCUT2D eigenvalue weighted by atomic mass is 9.86. The van der Waals surface area contributed by atoms with Crippen LogP contribution in [0.5, 0.6) is 0 Å². The average molecular weight is 290 g/mol. The van der Waals surface area contributed by atoms with Crippen molar-refractivity contribution in [2.75, 3.05) is 6.61 Å². The third-order valence-corrected chi connectivity index (χ3v) is 4.00. The van der Waals surface area contributed by atoms with Crippen LogP contribution in [0.1, 0.15) is 44.6 Å². The molecule has 1 fully saturated rings. The molecule has 1 aromatic carbocycles. The van der Waals surface area contributed by atoms with E-state index in [1.54, 1.807) is 6.92 Å². The molecule has 2 rings (SSSR count). The van der Waals surface area contributed by atoms with E-state index in [0.29, 0.717) is 6.42 Å². The fourth-order valence-corrected chi connectivity index (χ4v) is 2.87. The van der Waals surface area contributed by atoms with E-state index in [1.165, 1.54) is 0 Å². The number of esters is 1. The summed E-state index contributed by atoms with van der Waals surface area (Å²) in [4.78, 5) is 12.1. The normalized spacial score (nSPS) is 17.2. The zero-order chi connectivity index (χ0) is 15.1. The Morgan fingerprint density at radius 2 is 1.86 bits per heavy atom. The number of ether oxygens (including phenoxy) is 1. The van der Waals surface area contributed by atoms with E-state index in [0.717, 1.165) is 37.7 Å². The maximum Gasteiger partial charge on any atom is 0.336 e. The number of allylic oxidation sites excluding steroid dienone is 1. The Hall–Kier alpha value is -1.64. The molecule has 2 nitrogen and oxygen atoms in total. The second kappa shape index (κ2) is 7.96. The Morgan fingerprint density at radius 1 is 1.19 bits per heavy atom. The van der Waals surface area contributed by atoms with Gasteiger partial charge in [0.1, 0.15) is 5.83 Å². The predicted octanol–water partition coefficient (Wildman–Crippen LogP) is 4.60. The van der Waals surface area contributed by atoms with Crippen molar-refractivity contribution < 1.29 is 13.9 Å². The summed E-state index contributed by atoms with van der Waals surface area (Å²) in [6.45, 7) is 2.02. The number of hydrogen-bond acceptors (Lipinski definition) is 2. The molecule has 1 aliphatic rings. The van der Waals surface area contributed by atoms with Crippen LogP contribution < -0.4 is 0 Å². The quantitative estimate of drug-likeness (QED) is 0.585. The molecular weight excluding hydrogens is 267 g/mol. The molecule has 1 aliphatic carbocycles. The third kappa shape index (κ3) is 4.42.